The van der Waals surface area contributed by atoms with Crippen LogP contribution in [-0.2, 0) is 4.79 Å². The molecule has 0 spiro atoms. The first-order valence-corrected chi connectivity index (χ1v) is 11.2. The molecule has 1 aromatic rings. The normalized spacial score (nSPS) is 37.5. The quantitative estimate of drug-likeness (QED) is 0.809. The van der Waals surface area contributed by atoms with Crippen LogP contribution in [0.5, 0.6) is 0 Å². The monoisotopic (exact) mass is 384 g/mol. The van der Waals surface area contributed by atoms with E-state index in [0.717, 1.165) is 28.3 Å². The van der Waals surface area contributed by atoms with E-state index < -0.39 is 0 Å². The molecule has 4 aliphatic carbocycles. The van der Waals surface area contributed by atoms with E-state index in [1.54, 1.807) is 11.8 Å². The second kappa shape index (κ2) is 6.26. The van der Waals surface area contributed by atoms with Gasteiger partial charge in [0.05, 0.1) is 10.9 Å². The summed E-state index contributed by atoms with van der Waals surface area (Å²) in [5.74, 6) is 2.64. The molecule has 0 saturated heterocycles. The van der Waals surface area contributed by atoms with Gasteiger partial charge < -0.3 is 10.6 Å². The highest BCUT2D eigenvalue weighted by atomic mass is 32.2. The van der Waals surface area contributed by atoms with Crippen molar-refractivity contribution in [3.63, 3.8) is 0 Å². The van der Waals surface area contributed by atoms with E-state index in [0.29, 0.717) is 11.0 Å². The molecule has 2 amide bonds. The van der Waals surface area contributed by atoms with Crippen LogP contribution in [0.15, 0.2) is 23.1 Å². The van der Waals surface area contributed by atoms with E-state index in [1.165, 1.54) is 38.5 Å². The Labute approximate surface area is 165 Å². The van der Waals surface area contributed by atoms with Gasteiger partial charge in [-0.3, -0.25) is 9.59 Å². The van der Waals surface area contributed by atoms with Crippen molar-refractivity contribution in [2.45, 2.75) is 68.6 Å². The SMILES string of the molecule is CC1Sc2ccc(C(=O)NC(C)C34CC5CC(CC(C5)C3)C4)cc2NC1=O. The van der Waals surface area contributed by atoms with Crippen molar-refractivity contribution < 1.29 is 9.59 Å². The Bertz CT molecular complexity index is 770. The van der Waals surface area contributed by atoms with Crippen LogP contribution < -0.4 is 10.6 Å². The molecule has 2 unspecified atom stereocenters. The van der Waals surface area contributed by atoms with Gasteiger partial charge in [-0.2, -0.15) is 0 Å². The fraction of sp³-hybridized carbons (Fsp3) is 0.636. The third kappa shape index (κ3) is 2.98. The summed E-state index contributed by atoms with van der Waals surface area (Å²) in [5.41, 5.74) is 1.71. The van der Waals surface area contributed by atoms with Crippen LogP contribution in [0.1, 0.15) is 62.7 Å². The van der Waals surface area contributed by atoms with Crippen LogP contribution in [0.25, 0.3) is 0 Å². The van der Waals surface area contributed by atoms with Gasteiger partial charge in [-0.05, 0) is 93.7 Å². The highest BCUT2D eigenvalue weighted by Gasteiger charge is 2.53. The van der Waals surface area contributed by atoms with Gasteiger partial charge in [0.25, 0.3) is 5.91 Å². The first-order chi connectivity index (χ1) is 12.9. The summed E-state index contributed by atoms with van der Waals surface area (Å²) in [5, 5.41) is 6.16. The van der Waals surface area contributed by atoms with Crippen molar-refractivity contribution in [1.82, 2.24) is 5.32 Å². The molecule has 5 heteroatoms. The fourth-order valence-electron chi connectivity index (χ4n) is 6.49. The molecule has 2 N–H and O–H groups in total. The fourth-order valence-corrected chi connectivity index (χ4v) is 7.42. The summed E-state index contributed by atoms with van der Waals surface area (Å²) >= 11 is 1.55. The standard InChI is InChI=1S/C22H28N2O2S/c1-12-20(25)24-18-8-17(3-4-19(18)27-12)21(26)23-13(2)22-9-14-5-15(10-22)7-16(6-14)11-22/h3-4,8,12-16H,5-7,9-11H2,1-2H3,(H,23,26)(H,24,25). The highest BCUT2D eigenvalue weighted by molar-refractivity contribution is 8.00. The van der Waals surface area contributed by atoms with Gasteiger partial charge in [-0.15, -0.1) is 11.8 Å². The molecule has 0 aromatic heterocycles. The van der Waals surface area contributed by atoms with Crippen LogP contribution in [0, 0.1) is 23.2 Å². The van der Waals surface area contributed by atoms with Crippen molar-refractivity contribution in [3.8, 4) is 0 Å². The number of fused-ring (bicyclic) bond motifs is 1. The number of thioether (sulfide) groups is 1. The molecule has 4 nitrogen and oxygen atoms in total. The number of anilines is 1. The molecule has 4 bridgehead atoms. The van der Waals surface area contributed by atoms with Crippen molar-refractivity contribution in [2.24, 2.45) is 23.2 Å². The minimum absolute atomic E-state index is 0.00648. The summed E-state index contributed by atoms with van der Waals surface area (Å²) in [6.07, 6.45) is 8.11. The maximum absolute atomic E-state index is 12.9. The van der Waals surface area contributed by atoms with Gasteiger partial charge in [0, 0.05) is 16.5 Å². The van der Waals surface area contributed by atoms with Crippen molar-refractivity contribution >= 4 is 29.3 Å². The van der Waals surface area contributed by atoms with Crippen LogP contribution in [0.3, 0.4) is 0 Å². The third-order valence-corrected chi connectivity index (χ3v) is 8.70. The predicted molar refractivity (Wildman–Crippen MR) is 108 cm³/mol. The molecule has 27 heavy (non-hydrogen) atoms. The minimum Gasteiger partial charge on any atom is -0.349 e. The van der Waals surface area contributed by atoms with Gasteiger partial charge in [0.2, 0.25) is 5.91 Å². The lowest BCUT2D eigenvalue weighted by molar-refractivity contribution is -0.115. The second-order valence-corrected chi connectivity index (χ2v) is 10.8. The number of nitrogens with one attached hydrogen (secondary N) is 2. The highest BCUT2D eigenvalue weighted by Crippen LogP contribution is 2.61. The van der Waals surface area contributed by atoms with Crippen LogP contribution >= 0.6 is 11.8 Å². The second-order valence-electron chi connectivity index (χ2n) is 9.44. The molecule has 6 rings (SSSR count). The Hall–Kier alpha value is -1.49. The topological polar surface area (TPSA) is 58.2 Å². The Morgan fingerprint density at radius 3 is 2.44 bits per heavy atom. The molecule has 144 valence electrons. The van der Waals surface area contributed by atoms with Crippen molar-refractivity contribution in [3.05, 3.63) is 23.8 Å². The molecular formula is C22H28N2O2S. The largest absolute Gasteiger partial charge is 0.349 e. The van der Waals surface area contributed by atoms with Crippen LogP contribution in [0.4, 0.5) is 5.69 Å². The molecule has 5 aliphatic rings. The zero-order valence-electron chi connectivity index (χ0n) is 16.1. The number of amides is 2. The Balaban J connectivity index is 1.32. The van der Waals surface area contributed by atoms with Gasteiger partial charge >= 0.3 is 0 Å². The zero-order valence-corrected chi connectivity index (χ0v) is 16.9. The summed E-state index contributed by atoms with van der Waals surface area (Å²) in [7, 11) is 0. The zero-order chi connectivity index (χ0) is 18.8. The van der Waals surface area contributed by atoms with E-state index in [9.17, 15) is 9.59 Å². The number of hydrogen-bond acceptors (Lipinski definition) is 3. The Morgan fingerprint density at radius 1 is 1.19 bits per heavy atom. The van der Waals surface area contributed by atoms with Crippen LogP contribution in [0.2, 0.25) is 0 Å². The first kappa shape index (κ1) is 17.6. The smallest absolute Gasteiger partial charge is 0.251 e. The van der Waals surface area contributed by atoms with E-state index in [2.05, 4.69) is 17.6 Å². The average molecular weight is 385 g/mol. The Kier molecular flexibility index (Phi) is 4.08. The predicted octanol–water partition coefficient (Wildman–Crippen LogP) is 4.45. The summed E-state index contributed by atoms with van der Waals surface area (Å²) in [6, 6.07) is 5.88. The summed E-state index contributed by atoms with van der Waals surface area (Å²) < 4.78 is 0. The third-order valence-electron chi connectivity index (χ3n) is 7.52. The lowest BCUT2D eigenvalue weighted by Crippen LogP contribution is -2.55. The summed E-state index contributed by atoms with van der Waals surface area (Å²) in [4.78, 5) is 25.9. The lowest BCUT2D eigenvalue weighted by Gasteiger charge is -2.59. The Morgan fingerprint density at radius 2 is 1.81 bits per heavy atom. The van der Waals surface area contributed by atoms with Gasteiger partial charge in [-0.1, -0.05) is 0 Å². The van der Waals surface area contributed by atoms with Gasteiger partial charge in [0.1, 0.15) is 0 Å². The van der Waals surface area contributed by atoms with Gasteiger partial charge in [-0.25, -0.2) is 0 Å². The molecular weight excluding hydrogens is 356 g/mol. The molecule has 4 fully saturated rings. The number of rotatable bonds is 3. The maximum Gasteiger partial charge on any atom is 0.251 e. The molecule has 1 aliphatic heterocycles. The average Bonchev–Trinajstić information content (AvgIpc) is 2.61. The minimum atomic E-state index is -0.0896. The number of hydrogen-bond donors (Lipinski definition) is 2. The maximum atomic E-state index is 12.9. The molecule has 0 radical (unpaired) electrons. The molecule has 4 saturated carbocycles. The lowest BCUT2D eigenvalue weighted by atomic mass is 9.48. The molecule has 1 aromatic carbocycles. The van der Waals surface area contributed by atoms with E-state index in [-0.39, 0.29) is 23.1 Å². The number of carbonyl (C=O) groups excluding carboxylic acids is 2. The molecule has 1 heterocycles. The number of benzene rings is 1. The van der Waals surface area contributed by atoms with E-state index >= 15 is 0 Å². The number of carbonyl (C=O) groups is 2. The van der Waals surface area contributed by atoms with Gasteiger partial charge in [0.15, 0.2) is 0 Å². The van der Waals surface area contributed by atoms with Crippen molar-refractivity contribution in [1.29, 1.82) is 0 Å². The van der Waals surface area contributed by atoms with E-state index in [1.807, 2.05) is 25.1 Å². The van der Waals surface area contributed by atoms with E-state index in [4.69, 9.17) is 0 Å². The molecule has 2 atom stereocenters. The van der Waals surface area contributed by atoms with Crippen LogP contribution in [-0.4, -0.2) is 23.1 Å². The first-order valence-electron chi connectivity index (χ1n) is 10.3. The summed E-state index contributed by atoms with van der Waals surface area (Å²) in [6.45, 7) is 4.11. The van der Waals surface area contributed by atoms with Crippen molar-refractivity contribution in [2.75, 3.05) is 5.32 Å².